The smallest absolute Gasteiger partial charge is 0.254 e. The molecule has 0 radical (unpaired) electrons. The Morgan fingerprint density at radius 1 is 1.20 bits per heavy atom. The van der Waals surface area contributed by atoms with Crippen LogP contribution >= 0.6 is 36.2 Å². The lowest BCUT2D eigenvalue weighted by atomic mass is 10.0. The first-order valence-corrected chi connectivity index (χ1v) is 10.2. The number of aryl methyl sites for hydroxylation is 1. The fourth-order valence-corrected chi connectivity index (χ4v) is 4.40. The largest absolute Gasteiger partial charge is 0.496 e. The molecule has 5 nitrogen and oxygen atoms in total. The minimum absolute atomic E-state index is 0. The summed E-state index contributed by atoms with van der Waals surface area (Å²) in [6.07, 6.45) is 0. The predicted molar refractivity (Wildman–Crippen MR) is 126 cm³/mol. The highest BCUT2D eigenvalue weighted by Crippen LogP contribution is 2.32. The zero-order valence-corrected chi connectivity index (χ0v) is 19.3. The molecule has 30 heavy (non-hydrogen) atoms. The summed E-state index contributed by atoms with van der Waals surface area (Å²) in [7, 11) is 1.67. The van der Waals surface area contributed by atoms with Crippen LogP contribution in [0.3, 0.4) is 0 Å². The molecule has 2 heterocycles. The molecule has 0 spiro atoms. The summed E-state index contributed by atoms with van der Waals surface area (Å²) in [5.74, 6) is 0.841. The average molecular weight is 466 g/mol. The second kappa shape index (κ2) is 10.8. The molecule has 0 bridgehead atoms. The second-order valence-corrected chi connectivity index (χ2v) is 7.69. The van der Waals surface area contributed by atoms with Gasteiger partial charge in [0, 0.05) is 47.4 Å². The second-order valence-electron chi connectivity index (χ2n) is 6.84. The van der Waals surface area contributed by atoms with E-state index in [9.17, 15) is 4.79 Å². The summed E-state index contributed by atoms with van der Waals surface area (Å²) in [6, 6.07) is 15.6. The number of carbonyl (C=O) groups excluding carboxylic acids is 1. The van der Waals surface area contributed by atoms with Crippen molar-refractivity contribution in [3.8, 4) is 16.3 Å². The van der Waals surface area contributed by atoms with Crippen LogP contribution in [0.1, 0.15) is 27.7 Å². The highest BCUT2D eigenvalue weighted by molar-refractivity contribution is 7.13. The standard InChI is InChI=1S/C22H23N3O2S.2ClH/c1-15-14-28-21(24-15)16-6-5-7-17(12-16)22(26)25-11-10-23-13-19(25)18-8-3-4-9-20(18)27-2;;/h3-9,12,14,19,23H,10-11,13H2,1-2H3;2*1H. The van der Waals surface area contributed by atoms with E-state index >= 15 is 0 Å². The number of amides is 1. The van der Waals surface area contributed by atoms with Gasteiger partial charge < -0.3 is 15.0 Å². The lowest BCUT2D eigenvalue weighted by Gasteiger charge is -2.37. The number of nitrogens with zero attached hydrogens (tertiary/aromatic N) is 2. The monoisotopic (exact) mass is 465 g/mol. The van der Waals surface area contributed by atoms with Crippen molar-refractivity contribution in [1.82, 2.24) is 15.2 Å². The predicted octanol–water partition coefficient (Wildman–Crippen LogP) is 4.76. The molecule has 1 unspecified atom stereocenters. The lowest BCUT2D eigenvalue weighted by molar-refractivity contribution is 0.0631. The molecule has 160 valence electrons. The van der Waals surface area contributed by atoms with Crippen LogP contribution in [-0.2, 0) is 0 Å². The minimum atomic E-state index is -0.0665. The number of halogens is 2. The van der Waals surface area contributed by atoms with E-state index in [4.69, 9.17) is 4.74 Å². The number of para-hydroxylation sites is 1. The molecule has 2 aromatic carbocycles. The molecule has 1 aliphatic rings. The topological polar surface area (TPSA) is 54.5 Å². The molecule has 1 fully saturated rings. The third-order valence-corrected chi connectivity index (χ3v) is 5.99. The van der Waals surface area contributed by atoms with Crippen molar-refractivity contribution in [2.45, 2.75) is 13.0 Å². The Hall–Kier alpha value is -2.12. The first kappa shape index (κ1) is 24.2. The maximum atomic E-state index is 13.4. The van der Waals surface area contributed by atoms with E-state index in [0.717, 1.165) is 34.1 Å². The quantitative estimate of drug-likeness (QED) is 0.603. The molecule has 1 aliphatic heterocycles. The van der Waals surface area contributed by atoms with Gasteiger partial charge in [-0.3, -0.25) is 4.79 Å². The van der Waals surface area contributed by atoms with Crippen LogP contribution in [0, 0.1) is 6.92 Å². The molecule has 1 atom stereocenters. The Bertz CT molecular complexity index is 996. The summed E-state index contributed by atoms with van der Waals surface area (Å²) < 4.78 is 5.54. The van der Waals surface area contributed by atoms with Gasteiger partial charge in [0.05, 0.1) is 13.2 Å². The van der Waals surface area contributed by atoms with Crippen molar-refractivity contribution < 1.29 is 9.53 Å². The Morgan fingerprint density at radius 3 is 2.73 bits per heavy atom. The van der Waals surface area contributed by atoms with Crippen LogP contribution in [0.2, 0.25) is 0 Å². The Kier molecular flexibility index (Phi) is 8.67. The molecule has 0 saturated carbocycles. The third-order valence-electron chi connectivity index (χ3n) is 4.98. The number of hydrogen-bond donors (Lipinski definition) is 1. The molecule has 1 N–H and O–H groups in total. The summed E-state index contributed by atoms with van der Waals surface area (Å²) in [4.78, 5) is 19.9. The number of hydrogen-bond acceptors (Lipinski definition) is 5. The number of methoxy groups -OCH3 is 1. The highest BCUT2D eigenvalue weighted by atomic mass is 35.5. The van der Waals surface area contributed by atoms with Gasteiger partial charge in [-0.1, -0.05) is 30.3 Å². The van der Waals surface area contributed by atoms with Gasteiger partial charge >= 0.3 is 0 Å². The highest BCUT2D eigenvalue weighted by Gasteiger charge is 2.30. The minimum Gasteiger partial charge on any atom is -0.496 e. The van der Waals surface area contributed by atoms with E-state index in [-0.39, 0.29) is 36.8 Å². The van der Waals surface area contributed by atoms with Crippen LogP contribution in [0.25, 0.3) is 10.6 Å². The maximum absolute atomic E-state index is 13.4. The number of carbonyl (C=O) groups is 1. The number of thiazole rings is 1. The number of rotatable bonds is 4. The number of ether oxygens (including phenoxy) is 1. The van der Waals surface area contributed by atoms with Gasteiger partial charge in [-0.2, -0.15) is 0 Å². The van der Waals surface area contributed by atoms with Crippen molar-refractivity contribution in [3.05, 3.63) is 70.7 Å². The average Bonchev–Trinajstić information content (AvgIpc) is 3.19. The first-order valence-electron chi connectivity index (χ1n) is 9.34. The van der Waals surface area contributed by atoms with Crippen molar-refractivity contribution in [1.29, 1.82) is 0 Å². The molecular formula is C22H25Cl2N3O2S. The third kappa shape index (κ3) is 4.95. The van der Waals surface area contributed by atoms with Gasteiger partial charge in [0.1, 0.15) is 10.8 Å². The van der Waals surface area contributed by atoms with Crippen molar-refractivity contribution in [3.63, 3.8) is 0 Å². The molecule has 8 heteroatoms. The number of piperazine rings is 1. The molecule has 1 amide bonds. The zero-order chi connectivity index (χ0) is 19.5. The molecule has 1 saturated heterocycles. The Balaban J connectivity index is 0.00000160. The summed E-state index contributed by atoms with van der Waals surface area (Å²) in [5.41, 5.74) is 3.69. The van der Waals surface area contributed by atoms with Crippen molar-refractivity contribution >= 4 is 42.1 Å². The van der Waals surface area contributed by atoms with Crippen molar-refractivity contribution in [2.24, 2.45) is 0 Å². The van der Waals surface area contributed by atoms with Crippen LogP contribution in [0.5, 0.6) is 5.75 Å². The molecule has 1 aromatic heterocycles. The fraction of sp³-hybridized carbons (Fsp3) is 0.273. The van der Waals surface area contributed by atoms with Gasteiger partial charge in [-0.15, -0.1) is 36.2 Å². The van der Waals surface area contributed by atoms with Gasteiger partial charge in [0.15, 0.2) is 0 Å². The van der Waals surface area contributed by atoms with Gasteiger partial charge in [-0.25, -0.2) is 4.98 Å². The molecule has 0 aliphatic carbocycles. The van der Waals surface area contributed by atoms with Gasteiger partial charge in [-0.05, 0) is 25.1 Å². The van der Waals surface area contributed by atoms with E-state index in [1.54, 1.807) is 18.4 Å². The van der Waals surface area contributed by atoms with Gasteiger partial charge in [0.2, 0.25) is 0 Å². The molecule has 3 aromatic rings. The molecule has 4 rings (SSSR count). The summed E-state index contributed by atoms with van der Waals surface area (Å²) in [6.45, 7) is 4.12. The van der Waals surface area contributed by atoms with Crippen LogP contribution in [-0.4, -0.2) is 42.5 Å². The number of aromatic nitrogens is 1. The SMILES string of the molecule is COc1ccccc1C1CNCCN1C(=O)c1cccc(-c2nc(C)cs2)c1.Cl.Cl. The van der Waals surface area contributed by atoms with E-state index in [1.165, 1.54) is 0 Å². The summed E-state index contributed by atoms with van der Waals surface area (Å²) in [5, 5.41) is 6.37. The van der Waals surface area contributed by atoms with Gasteiger partial charge in [0.25, 0.3) is 5.91 Å². The van der Waals surface area contributed by atoms with E-state index in [0.29, 0.717) is 18.7 Å². The first-order chi connectivity index (χ1) is 13.7. The fourth-order valence-electron chi connectivity index (χ4n) is 3.60. The van der Waals surface area contributed by atoms with Crippen LogP contribution < -0.4 is 10.1 Å². The summed E-state index contributed by atoms with van der Waals surface area (Å²) >= 11 is 1.60. The Morgan fingerprint density at radius 2 is 2.00 bits per heavy atom. The van der Waals surface area contributed by atoms with Crippen molar-refractivity contribution in [2.75, 3.05) is 26.7 Å². The zero-order valence-electron chi connectivity index (χ0n) is 16.8. The number of nitrogens with one attached hydrogen (secondary N) is 1. The van der Waals surface area contributed by atoms with E-state index in [1.807, 2.05) is 65.7 Å². The van der Waals surface area contributed by atoms with E-state index < -0.39 is 0 Å². The molecular weight excluding hydrogens is 441 g/mol. The van der Waals surface area contributed by atoms with E-state index in [2.05, 4.69) is 10.3 Å². The maximum Gasteiger partial charge on any atom is 0.254 e. The normalized spacial score (nSPS) is 15.7. The number of benzene rings is 2. The van der Waals surface area contributed by atoms with Crippen LogP contribution in [0.15, 0.2) is 53.9 Å². The van der Waals surface area contributed by atoms with Crippen LogP contribution in [0.4, 0.5) is 0 Å². The lowest BCUT2D eigenvalue weighted by Crippen LogP contribution is -2.48. The Labute approximate surface area is 193 Å².